The van der Waals surface area contributed by atoms with Crippen LogP contribution in [0.1, 0.15) is 28.9 Å². The third kappa shape index (κ3) is 3.79. The van der Waals surface area contributed by atoms with Crippen molar-refractivity contribution in [1.29, 1.82) is 0 Å². The molecule has 144 valence electrons. The van der Waals surface area contributed by atoms with Gasteiger partial charge in [-0.05, 0) is 55.0 Å². The predicted molar refractivity (Wildman–Crippen MR) is 113 cm³/mol. The van der Waals surface area contributed by atoms with E-state index in [1.165, 1.54) is 19.2 Å². The molecule has 2 aromatic carbocycles. The molecule has 0 aliphatic carbocycles. The number of carboxylic acids is 1. The van der Waals surface area contributed by atoms with Gasteiger partial charge in [0.25, 0.3) is 0 Å². The molecule has 0 aromatic heterocycles. The number of rotatable bonds is 4. The molecule has 8 heteroatoms. The summed E-state index contributed by atoms with van der Waals surface area (Å²) < 4.78 is 5.89. The van der Waals surface area contributed by atoms with E-state index in [4.69, 9.17) is 22.1 Å². The third-order valence-corrected chi connectivity index (χ3v) is 5.24. The highest BCUT2D eigenvalue weighted by Gasteiger charge is 2.35. The Bertz CT molecular complexity index is 988. The molecule has 1 heterocycles. The first-order valence-corrected chi connectivity index (χ1v) is 9.52. The quantitative estimate of drug-likeness (QED) is 0.526. The Morgan fingerprint density at radius 3 is 2.46 bits per heavy atom. The summed E-state index contributed by atoms with van der Waals surface area (Å²) in [5.41, 5.74) is 2.71. The third-order valence-electron chi connectivity index (χ3n) is 4.45. The van der Waals surface area contributed by atoms with Crippen LogP contribution in [0.25, 0.3) is 0 Å². The minimum absolute atomic E-state index is 0.165. The number of anilines is 1. The van der Waals surface area contributed by atoms with E-state index in [0.29, 0.717) is 21.9 Å². The highest BCUT2D eigenvalue weighted by atomic mass is 79.9. The lowest BCUT2D eigenvalue weighted by molar-refractivity contribution is -0.136. The summed E-state index contributed by atoms with van der Waals surface area (Å²) in [6, 6.07) is 13.3. The predicted octanol–water partition coefficient (Wildman–Crippen LogP) is 4.03. The van der Waals surface area contributed by atoms with Crippen LogP contribution >= 0.6 is 28.1 Å². The van der Waals surface area contributed by atoms with Crippen LogP contribution in [-0.2, 0) is 9.53 Å². The van der Waals surface area contributed by atoms with E-state index < -0.39 is 18.0 Å². The zero-order valence-corrected chi connectivity index (χ0v) is 17.5. The van der Waals surface area contributed by atoms with Gasteiger partial charge in [0.15, 0.2) is 5.11 Å². The topological polar surface area (TPSA) is 78.9 Å². The number of halogens is 1. The number of thiocarbonyl (C=S) groups is 1. The van der Waals surface area contributed by atoms with Gasteiger partial charge < -0.3 is 15.2 Å². The minimum atomic E-state index is -1.01. The van der Waals surface area contributed by atoms with E-state index in [2.05, 4.69) is 21.2 Å². The molecule has 0 saturated heterocycles. The number of allylic oxidation sites excluding steroid dienone is 1. The molecule has 0 saturated carbocycles. The number of carboxylic acid groups (broad SMARTS) is 1. The van der Waals surface area contributed by atoms with Gasteiger partial charge in [0.2, 0.25) is 0 Å². The first-order valence-electron chi connectivity index (χ1n) is 8.32. The molecular weight excluding hydrogens is 444 g/mol. The molecule has 3 rings (SSSR count). The summed E-state index contributed by atoms with van der Waals surface area (Å²) in [6.45, 7) is 1.80. The lowest BCUT2D eigenvalue weighted by Gasteiger charge is -2.37. The van der Waals surface area contributed by atoms with Crippen molar-refractivity contribution in [1.82, 2.24) is 5.32 Å². The average Bonchev–Trinajstić information content (AvgIpc) is 2.67. The van der Waals surface area contributed by atoms with Crippen LogP contribution in [0.4, 0.5) is 5.69 Å². The first-order chi connectivity index (χ1) is 13.3. The Balaban J connectivity index is 2.11. The fourth-order valence-corrected chi connectivity index (χ4v) is 3.86. The van der Waals surface area contributed by atoms with Gasteiger partial charge in [0, 0.05) is 15.9 Å². The SMILES string of the molecule is COC(=O)C1=C(C)N(c2cccc(Br)c2)C(=S)NC1c1ccc(C(=O)O)cc1. The van der Waals surface area contributed by atoms with Crippen LogP contribution < -0.4 is 10.2 Å². The lowest BCUT2D eigenvalue weighted by atomic mass is 9.94. The molecular formula is C20H17BrN2O4S. The number of nitrogens with one attached hydrogen (secondary N) is 1. The number of ether oxygens (including phenoxy) is 1. The molecule has 0 bridgehead atoms. The second kappa shape index (κ2) is 8.12. The molecule has 2 aromatic rings. The maximum Gasteiger partial charge on any atom is 0.337 e. The number of benzene rings is 2. The molecule has 1 unspecified atom stereocenters. The molecule has 0 spiro atoms. The van der Waals surface area contributed by atoms with Crippen LogP contribution in [-0.4, -0.2) is 29.3 Å². The van der Waals surface area contributed by atoms with Crippen molar-refractivity contribution in [2.45, 2.75) is 13.0 Å². The summed E-state index contributed by atoms with van der Waals surface area (Å²) >= 11 is 9.02. The van der Waals surface area contributed by atoms with E-state index in [9.17, 15) is 9.59 Å². The highest BCUT2D eigenvalue weighted by Crippen LogP contribution is 2.35. The van der Waals surface area contributed by atoms with Gasteiger partial charge in [-0.1, -0.05) is 34.1 Å². The lowest BCUT2D eigenvalue weighted by Crippen LogP contribution is -2.48. The molecule has 2 N–H and O–H groups in total. The van der Waals surface area contributed by atoms with Gasteiger partial charge in [-0.25, -0.2) is 9.59 Å². The summed E-state index contributed by atoms with van der Waals surface area (Å²) in [5, 5.41) is 12.7. The van der Waals surface area contributed by atoms with Gasteiger partial charge in [-0.2, -0.15) is 0 Å². The van der Waals surface area contributed by atoms with Crippen molar-refractivity contribution >= 4 is 50.9 Å². The zero-order chi connectivity index (χ0) is 20.4. The highest BCUT2D eigenvalue weighted by molar-refractivity contribution is 9.10. The number of hydrogen-bond donors (Lipinski definition) is 2. The number of nitrogens with zero attached hydrogens (tertiary/aromatic N) is 1. The first kappa shape index (κ1) is 20.0. The normalized spacial score (nSPS) is 16.6. The average molecular weight is 461 g/mol. The fraction of sp³-hybridized carbons (Fsp3) is 0.150. The summed E-state index contributed by atoms with van der Waals surface area (Å²) in [6.07, 6.45) is 0. The standard InChI is InChI=1S/C20H17BrN2O4S/c1-11-16(19(26)27-2)17(12-6-8-13(9-7-12)18(24)25)22-20(28)23(11)15-5-3-4-14(21)10-15/h3-10,17H,1-2H3,(H,22,28)(H,24,25). The molecule has 0 fully saturated rings. The minimum Gasteiger partial charge on any atom is -0.478 e. The second-order valence-electron chi connectivity index (χ2n) is 6.12. The van der Waals surface area contributed by atoms with Crippen molar-refractivity contribution in [3.05, 3.63) is 75.4 Å². The Labute approximate surface area is 175 Å². The number of hydrogen-bond acceptors (Lipinski definition) is 4. The van der Waals surface area contributed by atoms with Crippen LogP contribution in [0, 0.1) is 0 Å². The number of esters is 1. The van der Waals surface area contributed by atoms with E-state index in [0.717, 1.165) is 10.2 Å². The molecule has 1 atom stereocenters. The van der Waals surface area contributed by atoms with Crippen LogP contribution in [0.2, 0.25) is 0 Å². The van der Waals surface area contributed by atoms with Gasteiger partial charge in [-0.15, -0.1) is 0 Å². The Morgan fingerprint density at radius 1 is 1.21 bits per heavy atom. The molecule has 6 nitrogen and oxygen atoms in total. The maximum atomic E-state index is 12.6. The summed E-state index contributed by atoms with van der Waals surface area (Å²) in [4.78, 5) is 25.5. The summed E-state index contributed by atoms with van der Waals surface area (Å²) in [5.74, 6) is -1.50. The Hall–Kier alpha value is -2.71. The van der Waals surface area contributed by atoms with Crippen molar-refractivity contribution in [2.24, 2.45) is 0 Å². The van der Waals surface area contributed by atoms with Crippen molar-refractivity contribution in [3.63, 3.8) is 0 Å². The van der Waals surface area contributed by atoms with Crippen LogP contribution in [0.15, 0.2) is 64.3 Å². The largest absolute Gasteiger partial charge is 0.478 e. The molecule has 0 amide bonds. The molecule has 1 aliphatic rings. The molecule has 0 radical (unpaired) electrons. The zero-order valence-electron chi connectivity index (χ0n) is 15.1. The van der Waals surface area contributed by atoms with Gasteiger partial charge in [0.1, 0.15) is 0 Å². The van der Waals surface area contributed by atoms with E-state index in [1.54, 1.807) is 24.0 Å². The Morgan fingerprint density at radius 2 is 1.89 bits per heavy atom. The van der Waals surface area contributed by atoms with Crippen LogP contribution in [0.3, 0.4) is 0 Å². The van der Waals surface area contributed by atoms with Gasteiger partial charge in [-0.3, -0.25) is 4.90 Å². The van der Waals surface area contributed by atoms with E-state index in [1.807, 2.05) is 24.3 Å². The maximum absolute atomic E-state index is 12.6. The number of carbonyl (C=O) groups excluding carboxylic acids is 1. The second-order valence-corrected chi connectivity index (χ2v) is 7.42. The molecule has 28 heavy (non-hydrogen) atoms. The number of methoxy groups -OCH3 is 1. The smallest absolute Gasteiger partial charge is 0.337 e. The number of aromatic carboxylic acids is 1. The monoisotopic (exact) mass is 460 g/mol. The van der Waals surface area contributed by atoms with Gasteiger partial charge >= 0.3 is 11.9 Å². The fourth-order valence-electron chi connectivity index (χ4n) is 3.11. The van der Waals surface area contributed by atoms with E-state index in [-0.39, 0.29) is 5.56 Å². The summed E-state index contributed by atoms with van der Waals surface area (Å²) in [7, 11) is 1.32. The van der Waals surface area contributed by atoms with Crippen molar-refractivity contribution in [3.8, 4) is 0 Å². The van der Waals surface area contributed by atoms with Crippen molar-refractivity contribution < 1.29 is 19.4 Å². The Kier molecular flexibility index (Phi) is 5.81. The van der Waals surface area contributed by atoms with Gasteiger partial charge in [0.05, 0.1) is 24.3 Å². The van der Waals surface area contributed by atoms with Crippen LogP contribution in [0.5, 0.6) is 0 Å². The molecule has 1 aliphatic heterocycles. The van der Waals surface area contributed by atoms with E-state index >= 15 is 0 Å². The van der Waals surface area contributed by atoms with Crippen molar-refractivity contribution in [2.75, 3.05) is 12.0 Å². The number of carbonyl (C=O) groups is 2.